The van der Waals surface area contributed by atoms with Gasteiger partial charge in [0.05, 0.1) is 15.5 Å². The highest BCUT2D eigenvalue weighted by Crippen LogP contribution is 2.26. The number of aromatic nitrogens is 2. The Morgan fingerprint density at radius 1 is 1.10 bits per heavy atom. The van der Waals surface area contributed by atoms with Crippen molar-refractivity contribution in [2.75, 3.05) is 18.4 Å². The Morgan fingerprint density at radius 2 is 1.83 bits per heavy atom. The molecule has 29 heavy (non-hydrogen) atoms. The normalized spacial score (nSPS) is 14.8. The van der Waals surface area contributed by atoms with Gasteiger partial charge in [0.1, 0.15) is 5.69 Å². The van der Waals surface area contributed by atoms with Crippen LogP contribution in [0.15, 0.2) is 52.7 Å². The van der Waals surface area contributed by atoms with Gasteiger partial charge in [-0.25, -0.2) is 8.42 Å². The van der Waals surface area contributed by atoms with Crippen molar-refractivity contribution in [3.05, 3.63) is 58.4 Å². The molecule has 1 aromatic heterocycles. The van der Waals surface area contributed by atoms with E-state index in [4.69, 9.17) is 11.6 Å². The molecule has 1 amide bonds. The molecule has 1 saturated heterocycles. The smallest absolute Gasteiger partial charge is 0.257 e. The van der Waals surface area contributed by atoms with Gasteiger partial charge in [-0.3, -0.25) is 4.79 Å². The lowest BCUT2D eigenvalue weighted by atomic mass is 10.1. The summed E-state index contributed by atoms with van der Waals surface area (Å²) < 4.78 is 30.8. The molecule has 0 bridgehead atoms. The van der Waals surface area contributed by atoms with Crippen molar-refractivity contribution in [2.24, 2.45) is 0 Å². The predicted molar refractivity (Wildman–Crippen MR) is 113 cm³/mol. The molecule has 0 saturated carbocycles. The van der Waals surface area contributed by atoms with Gasteiger partial charge >= 0.3 is 0 Å². The van der Waals surface area contributed by atoms with Gasteiger partial charge in [0.2, 0.25) is 10.0 Å². The Balaban J connectivity index is 1.55. The lowest BCUT2D eigenvalue weighted by Gasteiger charge is -2.16. The second kappa shape index (κ2) is 8.19. The SMILES string of the molecule is O=C(Nc1ccc(-c2csnn2)cc1)c1cc(S(=O)(=O)N2CCCC2)ccc1Cl. The van der Waals surface area contributed by atoms with Gasteiger partial charge in [-0.15, -0.1) is 5.10 Å². The summed E-state index contributed by atoms with van der Waals surface area (Å²) in [5.41, 5.74) is 2.31. The second-order valence-electron chi connectivity index (χ2n) is 6.57. The maximum absolute atomic E-state index is 12.8. The highest BCUT2D eigenvalue weighted by Gasteiger charge is 2.28. The van der Waals surface area contributed by atoms with Crippen LogP contribution in [-0.2, 0) is 10.0 Å². The Bertz CT molecular complexity index is 1130. The fourth-order valence-corrected chi connectivity index (χ4v) is 5.34. The van der Waals surface area contributed by atoms with E-state index in [1.165, 1.54) is 34.0 Å². The number of amides is 1. The van der Waals surface area contributed by atoms with E-state index in [2.05, 4.69) is 14.9 Å². The quantitative estimate of drug-likeness (QED) is 0.639. The Kier molecular flexibility index (Phi) is 5.64. The molecular formula is C19H17ClN4O3S2. The third-order valence-corrected chi connectivity index (χ3v) is 7.41. The van der Waals surface area contributed by atoms with Crippen LogP contribution < -0.4 is 5.32 Å². The average Bonchev–Trinajstić information content (AvgIpc) is 3.43. The molecule has 1 aliphatic heterocycles. The topological polar surface area (TPSA) is 92.3 Å². The van der Waals surface area contributed by atoms with Crippen LogP contribution in [0.1, 0.15) is 23.2 Å². The van der Waals surface area contributed by atoms with E-state index in [0.717, 1.165) is 24.1 Å². The third-order valence-electron chi connectivity index (χ3n) is 4.68. The van der Waals surface area contributed by atoms with E-state index in [0.29, 0.717) is 18.8 Å². The summed E-state index contributed by atoms with van der Waals surface area (Å²) in [5.74, 6) is -0.475. The van der Waals surface area contributed by atoms with E-state index in [-0.39, 0.29) is 15.5 Å². The first-order chi connectivity index (χ1) is 13.9. The number of hydrogen-bond acceptors (Lipinski definition) is 6. The van der Waals surface area contributed by atoms with Crippen molar-refractivity contribution in [1.29, 1.82) is 0 Å². The monoisotopic (exact) mass is 448 g/mol. The van der Waals surface area contributed by atoms with Gasteiger partial charge in [-0.05, 0) is 54.7 Å². The molecule has 0 radical (unpaired) electrons. The summed E-state index contributed by atoms with van der Waals surface area (Å²) in [6.45, 7) is 0.987. The number of nitrogens with one attached hydrogen (secondary N) is 1. The molecule has 10 heteroatoms. The maximum Gasteiger partial charge on any atom is 0.257 e. The van der Waals surface area contributed by atoms with Crippen LogP contribution in [0.2, 0.25) is 5.02 Å². The predicted octanol–water partition coefficient (Wildman–Crippen LogP) is 3.90. The standard InChI is InChI=1S/C19H17ClN4O3S2/c20-17-8-7-15(29(26,27)24-9-1-2-10-24)11-16(17)19(25)21-14-5-3-13(4-6-14)18-12-28-23-22-18/h3-8,11-12H,1-2,9-10H2,(H,21,25). The minimum atomic E-state index is -3.63. The lowest BCUT2D eigenvalue weighted by Crippen LogP contribution is -2.28. The minimum Gasteiger partial charge on any atom is -0.322 e. The Morgan fingerprint density at radius 3 is 2.48 bits per heavy atom. The summed E-state index contributed by atoms with van der Waals surface area (Å²) >= 11 is 7.44. The number of carbonyl (C=O) groups excluding carboxylic acids is 1. The maximum atomic E-state index is 12.8. The molecular weight excluding hydrogens is 432 g/mol. The van der Waals surface area contributed by atoms with Gasteiger partial charge in [0, 0.05) is 29.7 Å². The highest BCUT2D eigenvalue weighted by atomic mass is 35.5. The summed E-state index contributed by atoms with van der Waals surface area (Å²) in [6.07, 6.45) is 1.68. The first-order valence-corrected chi connectivity index (χ1v) is 11.6. The number of carbonyl (C=O) groups is 1. The van der Waals surface area contributed by atoms with E-state index >= 15 is 0 Å². The van der Waals surface area contributed by atoms with Crippen molar-refractivity contribution in [3.63, 3.8) is 0 Å². The molecule has 0 spiro atoms. The zero-order valence-electron chi connectivity index (χ0n) is 15.2. The van der Waals surface area contributed by atoms with Crippen molar-refractivity contribution >= 4 is 44.8 Å². The number of rotatable bonds is 5. The summed E-state index contributed by atoms with van der Waals surface area (Å²) in [6, 6.07) is 11.3. The molecule has 4 rings (SSSR count). The van der Waals surface area contributed by atoms with Crippen LogP contribution in [0.3, 0.4) is 0 Å². The van der Waals surface area contributed by atoms with E-state index in [1.807, 2.05) is 17.5 Å². The van der Waals surface area contributed by atoms with Crippen LogP contribution >= 0.6 is 23.1 Å². The molecule has 0 unspecified atom stereocenters. The van der Waals surface area contributed by atoms with Gasteiger partial charge in [-0.1, -0.05) is 28.2 Å². The van der Waals surface area contributed by atoms with Crippen molar-refractivity contribution in [1.82, 2.24) is 13.9 Å². The largest absolute Gasteiger partial charge is 0.322 e. The molecule has 2 aromatic carbocycles. The summed E-state index contributed by atoms with van der Waals surface area (Å²) in [4.78, 5) is 12.8. The number of nitrogens with zero attached hydrogens (tertiary/aromatic N) is 3. The van der Waals surface area contributed by atoms with Crippen LogP contribution in [0.25, 0.3) is 11.3 Å². The second-order valence-corrected chi connectivity index (χ2v) is 9.53. The zero-order chi connectivity index (χ0) is 20.4. The first kappa shape index (κ1) is 20.0. The number of halogens is 1. The highest BCUT2D eigenvalue weighted by molar-refractivity contribution is 7.89. The molecule has 1 aliphatic rings. The van der Waals surface area contributed by atoms with Crippen LogP contribution in [0.5, 0.6) is 0 Å². The van der Waals surface area contributed by atoms with Crippen molar-refractivity contribution in [3.8, 4) is 11.3 Å². The molecule has 7 nitrogen and oxygen atoms in total. The average molecular weight is 449 g/mol. The van der Waals surface area contributed by atoms with E-state index in [9.17, 15) is 13.2 Å². The third kappa shape index (κ3) is 4.18. The van der Waals surface area contributed by atoms with Crippen LogP contribution in [0.4, 0.5) is 5.69 Å². The first-order valence-electron chi connectivity index (χ1n) is 8.94. The van der Waals surface area contributed by atoms with Crippen molar-refractivity contribution in [2.45, 2.75) is 17.7 Å². The van der Waals surface area contributed by atoms with Crippen LogP contribution in [0, 0.1) is 0 Å². The Labute approximate surface area is 177 Å². The van der Waals surface area contributed by atoms with E-state index < -0.39 is 15.9 Å². The van der Waals surface area contributed by atoms with Gasteiger partial charge in [0.25, 0.3) is 5.91 Å². The summed E-state index contributed by atoms with van der Waals surface area (Å²) in [7, 11) is -3.63. The molecule has 1 N–H and O–H groups in total. The number of anilines is 1. The van der Waals surface area contributed by atoms with Crippen molar-refractivity contribution < 1.29 is 13.2 Å². The molecule has 0 aliphatic carbocycles. The van der Waals surface area contributed by atoms with Crippen LogP contribution in [-0.4, -0.2) is 41.3 Å². The molecule has 3 aromatic rings. The number of hydrogen-bond donors (Lipinski definition) is 1. The fourth-order valence-electron chi connectivity index (χ4n) is 3.13. The molecule has 150 valence electrons. The van der Waals surface area contributed by atoms with Gasteiger partial charge < -0.3 is 5.32 Å². The minimum absolute atomic E-state index is 0.0698. The fraction of sp³-hybridized carbons (Fsp3) is 0.211. The molecule has 0 atom stereocenters. The molecule has 2 heterocycles. The number of sulfonamides is 1. The summed E-state index contributed by atoms with van der Waals surface area (Å²) in [5, 5.41) is 8.78. The van der Waals surface area contributed by atoms with Gasteiger partial charge in [-0.2, -0.15) is 4.31 Å². The molecule has 1 fully saturated rings. The van der Waals surface area contributed by atoms with E-state index in [1.54, 1.807) is 12.1 Å². The van der Waals surface area contributed by atoms with Gasteiger partial charge in [0.15, 0.2) is 0 Å². The number of benzene rings is 2. The Hall–Kier alpha value is -2.33. The zero-order valence-corrected chi connectivity index (χ0v) is 17.6. The lowest BCUT2D eigenvalue weighted by molar-refractivity contribution is 0.102.